The van der Waals surface area contributed by atoms with Gasteiger partial charge in [0.25, 0.3) is 0 Å². The van der Waals surface area contributed by atoms with Crippen molar-refractivity contribution in [3.63, 3.8) is 0 Å². The summed E-state index contributed by atoms with van der Waals surface area (Å²) in [5.41, 5.74) is 4.36. The summed E-state index contributed by atoms with van der Waals surface area (Å²) in [4.78, 5) is 25.9. The molecular formula is C24H23ClFN7O. The number of carbonyl (C=O) groups is 1. The average molecular weight is 480 g/mol. The van der Waals surface area contributed by atoms with Gasteiger partial charge in [-0.25, -0.2) is 9.37 Å². The Morgan fingerprint density at radius 1 is 1.18 bits per heavy atom. The van der Waals surface area contributed by atoms with Crippen LogP contribution in [0.25, 0.3) is 33.5 Å². The molecule has 2 N–H and O–H groups in total. The number of piperazine rings is 1. The van der Waals surface area contributed by atoms with Crippen LogP contribution in [0.5, 0.6) is 0 Å². The molecule has 1 aliphatic heterocycles. The van der Waals surface area contributed by atoms with Crippen molar-refractivity contribution in [3.8, 4) is 22.5 Å². The van der Waals surface area contributed by atoms with E-state index in [0.29, 0.717) is 39.6 Å². The van der Waals surface area contributed by atoms with Crippen LogP contribution in [-0.2, 0) is 4.79 Å². The van der Waals surface area contributed by atoms with Gasteiger partial charge in [0.1, 0.15) is 17.6 Å². The number of halogens is 2. The highest BCUT2D eigenvalue weighted by molar-refractivity contribution is 6.30. The second-order valence-electron chi connectivity index (χ2n) is 8.26. The van der Waals surface area contributed by atoms with Crippen LogP contribution < -0.4 is 10.2 Å². The fourth-order valence-electron chi connectivity index (χ4n) is 4.25. The summed E-state index contributed by atoms with van der Waals surface area (Å²) in [5.74, 6) is -0.426. The van der Waals surface area contributed by atoms with E-state index >= 15 is 0 Å². The summed E-state index contributed by atoms with van der Waals surface area (Å²) in [5, 5.41) is 10.2. The van der Waals surface area contributed by atoms with Crippen molar-refractivity contribution < 1.29 is 9.18 Å². The number of nitrogens with one attached hydrogen (secondary N) is 2. The minimum absolute atomic E-state index is 0.0119. The first-order valence-electron chi connectivity index (χ1n) is 10.9. The second kappa shape index (κ2) is 9.00. The highest BCUT2D eigenvalue weighted by Crippen LogP contribution is 2.33. The Labute approximate surface area is 200 Å². The number of pyridine rings is 2. The van der Waals surface area contributed by atoms with Gasteiger partial charge >= 0.3 is 0 Å². The van der Waals surface area contributed by atoms with E-state index in [1.54, 1.807) is 25.5 Å². The zero-order valence-corrected chi connectivity index (χ0v) is 19.5. The van der Waals surface area contributed by atoms with Crippen LogP contribution in [0.15, 0.2) is 48.8 Å². The number of amides is 1. The van der Waals surface area contributed by atoms with Gasteiger partial charge in [0, 0.05) is 49.0 Å². The zero-order chi connectivity index (χ0) is 23.8. The topological polar surface area (TPSA) is 90.0 Å². The molecular weight excluding hydrogens is 457 g/mol. The first-order chi connectivity index (χ1) is 16.4. The lowest BCUT2D eigenvalue weighted by atomic mass is 10.0. The SMILES string of the molecule is CNC(=O)C1CN(c2cnc3ccc(-c4c[nH]nc4-c4cc(Cl)ccc4F)nc3c2)CCN1C. The number of nitrogens with zero attached hydrogens (tertiary/aromatic N) is 5. The van der Waals surface area contributed by atoms with Gasteiger partial charge < -0.3 is 10.2 Å². The van der Waals surface area contributed by atoms with Crippen molar-refractivity contribution in [2.45, 2.75) is 6.04 Å². The van der Waals surface area contributed by atoms with Crippen molar-refractivity contribution in [2.75, 3.05) is 38.6 Å². The monoisotopic (exact) mass is 479 g/mol. The Hall–Kier alpha value is -3.56. The molecule has 4 heterocycles. The molecule has 1 aliphatic rings. The third kappa shape index (κ3) is 4.08. The van der Waals surface area contributed by atoms with Crippen LogP contribution in [0.1, 0.15) is 0 Å². The van der Waals surface area contributed by atoms with Crippen LogP contribution in [0, 0.1) is 5.82 Å². The Kier molecular flexibility index (Phi) is 5.89. The van der Waals surface area contributed by atoms with Crippen molar-refractivity contribution in [1.29, 1.82) is 0 Å². The molecule has 1 unspecified atom stereocenters. The van der Waals surface area contributed by atoms with Crippen molar-refractivity contribution in [2.24, 2.45) is 0 Å². The standard InChI is InChI=1S/C24H23ClFN7O/c1-27-24(34)22-13-33(8-7-32(22)2)15-10-21-20(28-11-15)6-5-19(30-21)17-12-29-31-23(17)16-9-14(25)3-4-18(16)26/h3-6,9-12,22H,7-8,13H2,1-2H3,(H,27,34)(H,29,31). The van der Waals surface area contributed by atoms with E-state index in [9.17, 15) is 9.18 Å². The molecule has 8 nitrogen and oxygen atoms in total. The predicted molar refractivity (Wildman–Crippen MR) is 130 cm³/mol. The van der Waals surface area contributed by atoms with Crippen LogP contribution in [0.2, 0.25) is 5.02 Å². The molecule has 5 rings (SSSR count). The first kappa shape index (κ1) is 22.2. The minimum atomic E-state index is -0.414. The number of fused-ring (bicyclic) bond motifs is 1. The molecule has 174 valence electrons. The summed E-state index contributed by atoms with van der Waals surface area (Å²) < 4.78 is 14.5. The molecule has 1 amide bonds. The lowest BCUT2D eigenvalue weighted by molar-refractivity contribution is -0.125. The van der Waals surface area contributed by atoms with Gasteiger partial charge in [-0.2, -0.15) is 5.10 Å². The number of carbonyl (C=O) groups excluding carboxylic acids is 1. The van der Waals surface area contributed by atoms with Crippen LogP contribution >= 0.6 is 11.6 Å². The van der Waals surface area contributed by atoms with Crippen LogP contribution in [-0.4, -0.2) is 70.7 Å². The minimum Gasteiger partial charge on any atom is -0.367 e. The third-order valence-electron chi connectivity index (χ3n) is 6.18. The number of benzene rings is 1. The molecule has 1 atom stereocenters. The molecule has 1 saturated heterocycles. The maximum absolute atomic E-state index is 14.5. The summed E-state index contributed by atoms with van der Waals surface area (Å²) >= 11 is 6.09. The Balaban J connectivity index is 1.50. The lowest BCUT2D eigenvalue weighted by Gasteiger charge is -2.39. The number of rotatable bonds is 4. The van der Waals surface area contributed by atoms with E-state index in [1.165, 1.54) is 12.1 Å². The van der Waals surface area contributed by atoms with Gasteiger partial charge in [0.05, 0.1) is 28.6 Å². The predicted octanol–water partition coefficient (Wildman–Crippen LogP) is 3.35. The van der Waals surface area contributed by atoms with E-state index in [4.69, 9.17) is 16.6 Å². The number of anilines is 1. The summed E-state index contributed by atoms with van der Waals surface area (Å²) in [6, 6.07) is 9.82. The fourth-order valence-corrected chi connectivity index (χ4v) is 4.42. The molecule has 0 radical (unpaired) electrons. The van der Waals surface area contributed by atoms with Crippen molar-refractivity contribution in [3.05, 3.63) is 59.6 Å². The number of aromatic amines is 1. The maximum atomic E-state index is 14.5. The second-order valence-corrected chi connectivity index (χ2v) is 8.69. The molecule has 4 aromatic rings. The van der Waals surface area contributed by atoms with Crippen LogP contribution in [0.4, 0.5) is 10.1 Å². The van der Waals surface area contributed by atoms with Gasteiger partial charge in [-0.15, -0.1) is 0 Å². The number of hydrogen-bond acceptors (Lipinski definition) is 6. The van der Waals surface area contributed by atoms with Crippen molar-refractivity contribution >= 4 is 34.2 Å². The summed E-state index contributed by atoms with van der Waals surface area (Å²) in [6.07, 6.45) is 3.50. The molecule has 1 aromatic carbocycles. The first-order valence-corrected chi connectivity index (χ1v) is 11.3. The average Bonchev–Trinajstić information content (AvgIpc) is 3.34. The number of H-pyrrole nitrogens is 1. The highest BCUT2D eigenvalue weighted by atomic mass is 35.5. The Bertz CT molecular complexity index is 1370. The molecule has 0 bridgehead atoms. The van der Waals surface area contributed by atoms with E-state index < -0.39 is 5.82 Å². The largest absolute Gasteiger partial charge is 0.367 e. The van der Waals surface area contributed by atoms with E-state index in [2.05, 4.69) is 30.3 Å². The summed E-state index contributed by atoms with van der Waals surface area (Å²) in [7, 11) is 3.60. The van der Waals surface area contributed by atoms with E-state index in [-0.39, 0.29) is 11.9 Å². The van der Waals surface area contributed by atoms with Gasteiger partial charge in [0.15, 0.2) is 0 Å². The fraction of sp³-hybridized carbons (Fsp3) is 0.250. The van der Waals surface area contributed by atoms with Gasteiger partial charge in [0.2, 0.25) is 5.91 Å². The number of hydrogen-bond donors (Lipinski definition) is 2. The van der Waals surface area contributed by atoms with Crippen LogP contribution in [0.3, 0.4) is 0 Å². The van der Waals surface area contributed by atoms with E-state index in [1.807, 2.05) is 25.2 Å². The molecule has 34 heavy (non-hydrogen) atoms. The highest BCUT2D eigenvalue weighted by Gasteiger charge is 2.29. The smallest absolute Gasteiger partial charge is 0.238 e. The summed E-state index contributed by atoms with van der Waals surface area (Å²) in [6.45, 7) is 2.09. The number of aromatic nitrogens is 4. The third-order valence-corrected chi connectivity index (χ3v) is 6.42. The van der Waals surface area contributed by atoms with Gasteiger partial charge in [-0.1, -0.05) is 11.6 Å². The van der Waals surface area contributed by atoms with Crippen molar-refractivity contribution in [1.82, 2.24) is 30.4 Å². The van der Waals surface area contributed by atoms with E-state index in [0.717, 1.165) is 24.3 Å². The normalized spacial score (nSPS) is 16.7. The lowest BCUT2D eigenvalue weighted by Crippen LogP contribution is -2.57. The molecule has 3 aromatic heterocycles. The quantitative estimate of drug-likeness (QED) is 0.466. The maximum Gasteiger partial charge on any atom is 0.238 e. The molecule has 0 saturated carbocycles. The van der Waals surface area contributed by atoms with Gasteiger partial charge in [-0.3, -0.25) is 19.8 Å². The van der Waals surface area contributed by atoms with Gasteiger partial charge in [-0.05, 0) is 43.4 Å². The molecule has 0 aliphatic carbocycles. The molecule has 1 fully saturated rings. The Morgan fingerprint density at radius 3 is 2.85 bits per heavy atom. The molecule has 10 heteroatoms. The zero-order valence-electron chi connectivity index (χ0n) is 18.7. The number of likely N-dealkylation sites (N-methyl/N-ethyl adjacent to an activating group) is 2. The Morgan fingerprint density at radius 2 is 2.03 bits per heavy atom. The molecule has 0 spiro atoms.